The Kier molecular flexibility index (Phi) is 3.98. The summed E-state index contributed by atoms with van der Waals surface area (Å²) in [6, 6.07) is 13.7. The highest BCUT2D eigenvalue weighted by Crippen LogP contribution is 2.28. The Morgan fingerprint density at radius 1 is 1.11 bits per heavy atom. The molecular formula is C17H19ClO. The Morgan fingerprint density at radius 2 is 1.84 bits per heavy atom. The van der Waals surface area contributed by atoms with E-state index in [0.717, 1.165) is 5.56 Å². The van der Waals surface area contributed by atoms with Crippen LogP contribution in [0.5, 0.6) is 0 Å². The first-order valence-electron chi connectivity index (χ1n) is 6.43. The van der Waals surface area contributed by atoms with Crippen LogP contribution in [-0.4, -0.2) is 5.11 Å². The summed E-state index contributed by atoms with van der Waals surface area (Å²) in [7, 11) is 0. The Morgan fingerprint density at radius 3 is 2.53 bits per heavy atom. The molecule has 1 atom stereocenters. The minimum Gasteiger partial charge on any atom is -0.385 e. The second kappa shape index (κ2) is 5.36. The van der Waals surface area contributed by atoms with Crippen molar-refractivity contribution in [3.63, 3.8) is 0 Å². The number of benzene rings is 2. The molecule has 1 unspecified atom stereocenters. The van der Waals surface area contributed by atoms with E-state index in [1.165, 1.54) is 16.7 Å². The maximum atomic E-state index is 10.7. The van der Waals surface area contributed by atoms with Crippen LogP contribution in [0.25, 0.3) is 0 Å². The Hall–Kier alpha value is -1.31. The molecule has 2 aromatic carbocycles. The number of aliphatic hydroxyl groups is 1. The van der Waals surface area contributed by atoms with Crippen LogP contribution in [0, 0.1) is 13.8 Å². The van der Waals surface area contributed by atoms with Gasteiger partial charge in [-0.3, -0.25) is 0 Å². The van der Waals surface area contributed by atoms with Gasteiger partial charge in [-0.25, -0.2) is 0 Å². The largest absolute Gasteiger partial charge is 0.385 e. The van der Waals surface area contributed by atoms with Crippen molar-refractivity contribution in [3.05, 3.63) is 69.7 Å². The molecule has 0 aliphatic rings. The van der Waals surface area contributed by atoms with Gasteiger partial charge in [0.15, 0.2) is 0 Å². The zero-order chi connectivity index (χ0) is 14.0. The molecule has 2 rings (SSSR count). The Bertz CT molecular complexity index is 588. The second-order valence-corrected chi connectivity index (χ2v) is 5.83. The standard InChI is InChI=1S/C17H19ClO/c1-12-7-8-13(2)14(9-12)11-17(3,19)15-5-4-6-16(18)10-15/h4-10,19H,11H2,1-3H3. The predicted molar refractivity (Wildman–Crippen MR) is 80.6 cm³/mol. The van der Waals surface area contributed by atoms with Crippen molar-refractivity contribution in [1.82, 2.24) is 0 Å². The first-order chi connectivity index (χ1) is 8.88. The van der Waals surface area contributed by atoms with Crippen molar-refractivity contribution in [2.24, 2.45) is 0 Å². The van der Waals surface area contributed by atoms with Crippen molar-refractivity contribution in [2.75, 3.05) is 0 Å². The quantitative estimate of drug-likeness (QED) is 0.879. The fraction of sp³-hybridized carbons (Fsp3) is 0.294. The third kappa shape index (κ3) is 3.37. The molecule has 0 radical (unpaired) electrons. The van der Waals surface area contributed by atoms with Gasteiger partial charge in [-0.2, -0.15) is 0 Å². The molecule has 0 aromatic heterocycles. The van der Waals surface area contributed by atoms with Crippen molar-refractivity contribution >= 4 is 11.6 Å². The summed E-state index contributed by atoms with van der Waals surface area (Å²) in [5.74, 6) is 0. The van der Waals surface area contributed by atoms with Crippen LogP contribution in [0.4, 0.5) is 0 Å². The molecule has 0 spiro atoms. The van der Waals surface area contributed by atoms with Gasteiger partial charge in [0.1, 0.15) is 0 Å². The number of halogens is 1. The van der Waals surface area contributed by atoms with Gasteiger partial charge in [-0.15, -0.1) is 0 Å². The molecule has 0 aliphatic carbocycles. The molecule has 2 heteroatoms. The van der Waals surface area contributed by atoms with Crippen LogP contribution in [-0.2, 0) is 12.0 Å². The minimum atomic E-state index is -0.913. The summed E-state index contributed by atoms with van der Waals surface area (Å²) in [4.78, 5) is 0. The molecular weight excluding hydrogens is 256 g/mol. The topological polar surface area (TPSA) is 20.2 Å². The number of aryl methyl sites for hydroxylation is 2. The van der Waals surface area contributed by atoms with Crippen molar-refractivity contribution in [3.8, 4) is 0 Å². The van der Waals surface area contributed by atoms with Gasteiger partial charge < -0.3 is 5.11 Å². The molecule has 0 fully saturated rings. The van der Waals surface area contributed by atoms with Crippen LogP contribution < -0.4 is 0 Å². The van der Waals surface area contributed by atoms with Crippen molar-refractivity contribution in [1.29, 1.82) is 0 Å². The fourth-order valence-electron chi connectivity index (χ4n) is 2.29. The average molecular weight is 275 g/mol. The van der Waals surface area contributed by atoms with Crippen molar-refractivity contribution in [2.45, 2.75) is 32.8 Å². The molecule has 0 amide bonds. The first kappa shape index (κ1) is 14.1. The summed E-state index contributed by atoms with van der Waals surface area (Å²) >= 11 is 6.00. The van der Waals surface area contributed by atoms with E-state index in [2.05, 4.69) is 32.0 Å². The maximum Gasteiger partial charge on any atom is 0.0909 e. The Balaban J connectivity index is 2.33. The lowest BCUT2D eigenvalue weighted by Crippen LogP contribution is -2.24. The van der Waals surface area contributed by atoms with Gasteiger partial charge in [-0.05, 0) is 49.6 Å². The van der Waals surface area contributed by atoms with Gasteiger partial charge in [0.2, 0.25) is 0 Å². The van der Waals surface area contributed by atoms with E-state index in [-0.39, 0.29) is 0 Å². The molecule has 0 aliphatic heterocycles. The summed E-state index contributed by atoms with van der Waals surface area (Å²) in [6.45, 7) is 5.97. The molecule has 2 aromatic rings. The van der Waals surface area contributed by atoms with E-state index in [0.29, 0.717) is 11.4 Å². The minimum absolute atomic E-state index is 0.584. The van der Waals surface area contributed by atoms with Crippen LogP contribution >= 0.6 is 11.6 Å². The lowest BCUT2D eigenvalue weighted by Gasteiger charge is -2.25. The molecule has 100 valence electrons. The summed E-state index contributed by atoms with van der Waals surface area (Å²) in [5.41, 5.74) is 3.52. The van der Waals surface area contributed by atoms with Gasteiger partial charge in [0.05, 0.1) is 5.60 Å². The van der Waals surface area contributed by atoms with Crippen LogP contribution in [0.2, 0.25) is 5.02 Å². The summed E-state index contributed by atoms with van der Waals surface area (Å²) in [5, 5.41) is 11.4. The third-order valence-corrected chi connectivity index (χ3v) is 3.72. The van der Waals surface area contributed by atoms with E-state index < -0.39 is 5.60 Å². The lowest BCUT2D eigenvalue weighted by molar-refractivity contribution is 0.0574. The first-order valence-corrected chi connectivity index (χ1v) is 6.81. The summed E-state index contributed by atoms with van der Waals surface area (Å²) < 4.78 is 0. The smallest absolute Gasteiger partial charge is 0.0909 e. The highest BCUT2D eigenvalue weighted by atomic mass is 35.5. The third-order valence-electron chi connectivity index (χ3n) is 3.49. The zero-order valence-corrected chi connectivity index (χ0v) is 12.3. The number of hydrogen-bond acceptors (Lipinski definition) is 1. The molecule has 0 heterocycles. The number of hydrogen-bond donors (Lipinski definition) is 1. The Labute approximate surface area is 119 Å². The highest BCUT2D eigenvalue weighted by Gasteiger charge is 2.24. The normalized spacial score (nSPS) is 14.2. The average Bonchev–Trinajstić information content (AvgIpc) is 2.33. The fourth-order valence-corrected chi connectivity index (χ4v) is 2.48. The van der Waals surface area contributed by atoms with E-state index in [1.54, 1.807) is 0 Å². The molecule has 0 bridgehead atoms. The SMILES string of the molecule is Cc1ccc(C)c(CC(C)(O)c2cccc(Cl)c2)c1. The lowest BCUT2D eigenvalue weighted by atomic mass is 9.87. The predicted octanol–water partition coefficient (Wildman–Crippen LogP) is 4.41. The van der Waals surface area contributed by atoms with E-state index in [1.807, 2.05) is 31.2 Å². The van der Waals surface area contributed by atoms with Crippen molar-refractivity contribution < 1.29 is 5.11 Å². The molecule has 0 saturated heterocycles. The zero-order valence-electron chi connectivity index (χ0n) is 11.6. The molecule has 1 nitrogen and oxygen atoms in total. The van der Waals surface area contributed by atoms with Crippen LogP contribution in [0.3, 0.4) is 0 Å². The van der Waals surface area contributed by atoms with E-state index in [9.17, 15) is 5.11 Å². The maximum absolute atomic E-state index is 10.7. The number of rotatable bonds is 3. The van der Waals surface area contributed by atoms with Gasteiger partial charge in [-0.1, -0.05) is 47.5 Å². The van der Waals surface area contributed by atoms with Gasteiger partial charge in [0, 0.05) is 11.4 Å². The second-order valence-electron chi connectivity index (χ2n) is 5.39. The van der Waals surface area contributed by atoms with Crippen LogP contribution in [0.1, 0.15) is 29.2 Å². The van der Waals surface area contributed by atoms with Gasteiger partial charge >= 0.3 is 0 Å². The summed E-state index contributed by atoms with van der Waals surface area (Å²) in [6.07, 6.45) is 0.584. The molecule has 0 saturated carbocycles. The van der Waals surface area contributed by atoms with Gasteiger partial charge in [0.25, 0.3) is 0 Å². The van der Waals surface area contributed by atoms with E-state index >= 15 is 0 Å². The molecule has 1 N–H and O–H groups in total. The van der Waals surface area contributed by atoms with Crippen LogP contribution in [0.15, 0.2) is 42.5 Å². The van der Waals surface area contributed by atoms with E-state index in [4.69, 9.17) is 11.6 Å². The highest BCUT2D eigenvalue weighted by molar-refractivity contribution is 6.30. The molecule has 19 heavy (non-hydrogen) atoms. The monoisotopic (exact) mass is 274 g/mol.